The highest BCUT2D eigenvalue weighted by molar-refractivity contribution is 6.31. The molecule has 0 amide bonds. The first kappa shape index (κ1) is 8.50. The van der Waals surface area contributed by atoms with Crippen molar-refractivity contribution in [3.8, 4) is 0 Å². The molecule has 0 aliphatic rings. The molecule has 1 aromatic rings. The van der Waals surface area contributed by atoms with E-state index in [0.29, 0.717) is 10.6 Å². The van der Waals surface area contributed by atoms with Gasteiger partial charge in [-0.3, -0.25) is 0 Å². The molecular formula is C8H9ClFN. The van der Waals surface area contributed by atoms with Gasteiger partial charge in [0.1, 0.15) is 5.82 Å². The summed E-state index contributed by atoms with van der Waals surface area (Å²) >= 11 is 5.70. The smallest absolute Gasteiger partial charge is 0.129 e. The van der Waals surface area contributed by atoms with E-state index >= 15 is 0 Å². The fourth-order valence-electron chi connectivity index (χ4n) is 0.946. The van der Waals surface area contributed by atoms with Gasteiger partial charge in [0.15, 0.2) is 0 Å². The number of hydrogen-bond donors (Lipinski definition) is 1. The van der Waals surface area contributed by atoms with Crippen molar-refractivity contribution in [2.75, 3.05) is 0 Å². The zero-order valence-corrected chi connectivity index (χ0v) is 6.90. The third-order valence-corrected chi connectivity index (χ3v) is 1.78. The third kappa shape index (κ3) is 1.70. The Bertz CT molecular complexity index is 240. The monoisotopic (exact) mass is 173 g/mol. The highest BCUT2D eigenvalue weighted by atomic mass is 35.5. The van der Waals surface area contributed by atoms with Gasteiger partial charge in [-0.1, -0.05) is 17.7 Å². The van der Waals surface area contributed by atoms with Gasteiger partial charge < -0.3 is 5.73 Å². The van der Waals surface area contributed by atoms with Crippen LogP contribution in [0.3, 0.4) is 0 Å². The summed E-state index contributed by atoms with van der Waals surface area (Å²) in [6.07, 6.45) is 0. The Labute approximate surface area is 70.0 Å². The summed E-state index contributed by atoms with van der Waals surface area (Å²) in [5.41, 5.74) is 5.87. The summed E-state index contributed by atoms with van der Waals surface area (Å²) in [6.45, 7) is 1.70. The second-order valence-corrected chi connectivity index (χ2v) is 2.83. The van der Waals surface area contributed by atoms with Gasteiger partial charge >= 0.3 is 0 Å². The highest BCUT2D eigenvalue weighted by Crippen LogP contribution is 2.23. The molecule has 0 unspecified atom stereocenters. The van der Waals surface area contributed by atoms with Crippen molar-refractivity contribution < 1.29 is 4.39 Å². The van der Waals surface area contributed by atoms with Crippen LogP contribution in [0.15, 0.2) is 18.2 Å². The normalized spacial score (nSPS) is 13.1. The van der Waals surface area contributed by atoms with Crippen LogP contribution in [0.4, 0.5) is 4.39 Å². The molecule has 0 aromatic heterocycles. The average molecular weight is 174 g/mol. The zero-order valence-electron chi connectivity index (χ0n) is 6.14. The van der Waals surface area contributed by atoms with Crippen LogP contribution in [0.1, 0.15) is 18.5 Å². The fraction of sp³-hybridized carbons (Fsp3) is 0.250. The summed E-state index contributed by atoms with van der Waals surface area (Å²) in [6, 6.07) is 4.18. The van der Waals surface area contributed by atoms with Crippen LogP contribution in [0.25, 0.3) is 0 Å². The van der Waals surface area contributed by atoms with E-state index in [9.17, 15) is 4.39 Å². The van der Waals surface area contributed by atoms with Crippen LogP contribution < -0.4 is 5.73 Å². The Balaban J connectivity index is 3.21. The molecule has 60 valence electrons. The van der Waals surface area contributed by atoms with Crippen molar-refractivity contribution in [1.29, 1.82) is 0 Å². The number of hydrogen-bond acceptors (Lipinski definition) is 1. The van der Waals surface area contributed by atoms with E-state index in [1.807, 2.05) is 0 Å². The predicted octanol–water partition coefficient (Wildman–Crippen LogP) is 2.50. The van der Waals surface area contributed by atoms with Crippen molar-refractivity contribution in [1.82, 2.24) is 0 Å². The van der Waals surface area contributed by atoms with E-state index in [-0.39, 0.29) is 11.9 Å². The number of halogens is 2. The molecule has 0 bridgehead atoms. The minimum Gasteiger partial charge on any atom is -0.324 e. The first-order valence-electron chi connectivity index (χ1n) is 3.32. The van der Waals surface area contributed by atoms with Crippen molar-refractivity contribution in [2.45, 2.75) is 13.0 Å². The minimum absolute atomic E-state index is 0.340. The van der Waals surface area contributed by atoms with Crippen LogP contribution in [-0.4, -0.2) is 0 Å². The molecular weight excluding hydrogens is 165 g/mol. The molecule has 0 heterocycles. The Kier molecular flexibility index (Phi) is 2.47. The van der Waals surface area contributed by atoms with Gasteiger partial charge in [-0.25, -0.2) is 4.39 Å². The van der Waals surface area contributed by atoms with E-state index in [1.54, 1.807) is 19.1 Å². The highest BCUT2D eigenvalue weighted by Gasteiger charge is 2.09. The molecule has 0 aliphatic carbocycles. The molecule has 11 heavy (non-hydrogen) atoms. The topological polar surface area (TPSA) is 26.0 Å². The summed E-state index contributed by atoms with van der Waals surface area (Å²) in [5, 5.41) is 0.389. The Morgan fingerprint density at radius 1 is 1.55 bits per heavy atom. The van der Waals surface area contributed by atoms with Crippen molar-refractivity contribution in [3.05, 3.63) is 34.6 Å². The molecule has 3 heteroatoms. The Morgan fingerprint density at radius 3 is 2.55 bits per heavy atom. The first-order chi connectivity index (χ1) is 5.13. The Hall–Kier alpha value is -0.600. The molecule has 0 aliphatic heterocycles. The fourth-order valence-corrected chi connectivity index (χ4v) is 1.28. The van der Waals surface area contributed by atoms with Crippen LogP contribution in [-0.2, 0) is 0 Å². The summed E-state index contributed by atoms with van der Waals surface area (Å²) in [5.74, 6) is -0.340. The Morgan fingerprint density at radius 2 is 2.18 bits per heavy atom. The molecule has 0 radical (unpaired) electrons. The average Bonchev–Trinajstić information content (AvgIpc) is 1.85. The molecule has 1 rings (SSSR count). The largest absolute Gasteiger partial charge is 0.324 e. The van der Waals surface area contributed by atoms with Gasteiger partial charge in [0.05, 0.1) is 0 Å². The molecule has 1 atom stereocenters. The molecule has 0 saturated carbocycles. The van der Waals surface area contributed by atoms with Gasteiger partial charge in [-0.15, -0.1) is 0 Å². The lowest BCUT2D eigenvalue weighted by Gasteiger charge is -2.08. The lowest BCUT2D eigenvalue weighted by molar-refractivity contribution is 0.594. The van der Waals surface area contributed by atoms with Crippen molar-refractivity contribution in [2.24, 2.45) is 5.73 Å². The summed E-state index contributed by atoms with van der Waals surface area (Å²) in [4.78, 5) is 0. The van der Waals surface area contributed by atoms with Crippen molar-refractivity contribution >= 4 is 11.6 Å². The second-order valence-electron chi connectivity index (χ2n) is 2.42. The molecule has 1 nitrogen and oxygen atoms in total. The number of nitrogens with two attached hydrogens (primary N) is 1. The summed E-state index contributed by atoms with van der Waals surface area (Å²) < 4.78 is 12.9. The molecule has 0 spiro atoms. The van der Waals surface area contributed by atoms with Gasteiger partial charge in [0.2, 0.25) is 0 Å². The maximum absolute atomic E-state index is 12.9. The molecule has 0 fully saturated rings. The van der Waals surface area contributed by atoms with Gasteiger partial charge in [0.25, 0.3) is 0 Å². The maximum atomic E-state index is 12.9. The van der Waals surface area contributed by atoms with Crippen LogP contribution in [0.5, 0.6) is 0 Å². The van der Waals surface area contributed by atoms with Gasteiger partial charge in [0, 0.05) is 16.6 Å². The zero-order chi connectivity index (χ0) is 8.43. The first-order valence-corrected chi connectivity index (χ1v) is 3.70. The lowest BCUT2D eigenvalue weighted by Crippen LogP contribution is -2.07. The SMILES string of the molecule is C[C@H](N)c1c(F)cccc1Cl. The second kappa shape index (κ2) is 3.20. The standard InChI is InChI=1S/C8H9ClFN/c1-5(11)8-6(9)3-2-4-7(8)10/h2-5H,11H2,1H3/t5-/m0/s1. The van der Waals surface area contributed by atoms with Gasteiger partial charge in [-0.2, -0.15) is 0 Å². The molecule has 2 N–H and O–H groups in total. The molecule has 1 aromatic carbocycles. The quantitative estimate of drug-likeness (QED) is 0.694. The number of benzene rings is 1. The number of rotatable bonds is 1. The van der Waals surface area contributed by atoms with E-state index in [1.165, 1.54) is 6.07 Å². The van der Waals surface area contributed by atoms with Gasteiger partial charge in [-0.05, 0) is 19.1 Å². The maximum Gasteiger partial charge on any atom is 0.129 e. The van der Waals surface area contributed by atoms with Crippen LogP contribution in [0, 0.1) is 5.82 Å². The predicted molar refractivity (Wildman–Crippen MR) is 44.0 cm³/mol. The van der Waals surface area contributed by atoms with E-state index in [0.717, 1.165) is 0 Å². The van der Waals surface area contributed by atoms with E-state index < -0.39 is 0 Å². The van der Waals surface area contributed by atoms with E-state index in [4.69, 9.17) is 17.3 Å². The van der Waals surface area contributed by atoms with Crippen molar-refractivity contribution in [3.63, 3.8) is 0 Å². The minimum atomic E-state index is -0.358. The van der Waals surface area contributed by atoms with Crippen LogP contribution >= 0.6 is 11.6 Å². The van der Waals surface area contributed by atoms with Crippen LogP contribution in [0.2, 0.25) is 5.02 Å². The van der Waals surface area contributed by atoms with E-state index in [2.05, 4.69) is 0 Å². The molecule has 0 saturated heterocycles. The summed E-state index contributed by atoms with van der Waals surface area (Å²) in [7, 11) is 0. The lowest BCUT2D eigenvalue weighted by atomic mass is 10.1. The third-order valence-electron chi connectivity index (χ3n) is 1.46.